The molecule has 2 aromatic rings. The van der Waals surface area contributed by atoms with Crippen molar-refractivity contribution in [2.45, 2.75) is 59.0 Å². The molecule has 0 saturated carbocycles. The van der Waals surface area contributed by atoms with Gasteiger partial charge in [0.2, 0.25) is 0 Å². The summed E-state index contributed by atoms with van der Waals surface area (Å²) in [6.07, 6.45) is 5.08. The molecule has 1 fully saturated rings. The Bertz CT molecular complexity index is 837. The predicted molar refractivity (Wildman–Crippen MR) is 96.7 cm³/mol. The van der Waals surface area contributed by atoms with Crippen LogP contribution in [0.15, 0.2) is 11.0 Å². The van der Waals surface area contributed by atoms with Gasteiger partial charge in [-0.25, -0.2) is 4.98 Å². The lowest BCUT2D eigenvalue weighted by molar-refractivity contribution is 0.312. The predicted octanol–water partition coefficient (Wildman–Crippen LogP) is 2.16. The van der Waals surface area contributed by atoms with E-state index in [4.69, 9.17) is 4.98 Å². The Balaban J connectivity index is 1.54. The van der Waals surface area contributed by atoms with Crippen LogP contribution in [0.2, 0.25) is 0 Å². The van der Waals surface area contributed by atoms with Gasteiger partial charge in [0.25, 0.3) is 5.56 Å². The minimum Gasteiger partial charge on any atom is -0.311 e. The number of H-pyrrole nitrogens is 1. The number of nitrogens with zero attached hydrogens (tertiary/aromatic N) is 4. The number of hydrogen-bond donors (Lipinski definition) is 1. The van der Waals surface area contributed by atoms with Crippen LogP contribution >= 0.6 is 0 Å². The minimum absolute atomic E-state index is 0.0658. The fourth-order valence-electron chi connectivity index (χ4n) is 4.52. The van der Waals surface area contributed by atoms with Gasteiger partial charge in [-0.1, -0.05) is 6.92 Å². The summed E-state index contributed by atoms with van der Waals surface area (Å²) in [5.41, 5.74) is 4.64. The van der Waals surface area contributed by atoms with Crippen molar-refractivity contribution in [1.82, 2.24) is 24.6 Å². The van der Waals surface area contributed by atoms with E-state index in [-0.39, 0.29) is 5.56 Å². The highest BCUT2D eigenvalue weighted by atomic mass is 16.1. The molecule has 0 amide bonds. The molecule has 134 valence electrons. The van der Waals surface area contributed by atoms with Crippen LogP contribution in [0, 0.1) is 19.8 Å². The zero-order chi connectivity index (χ0) is 17.6. The Morgan fingerprint density at radius 1 is 1.32 bits per heavy atom. The minimum atomic E-state index is 0.0658. The number of aromatic amines is 1. The van der Waals surface area contributed by atoms with Gasteiger partial charge in [-0.15, -0.1) is 0 Å². The van der Waals surface area contributed by atoms with E-state index in [0.717, 1.165) is 62.5 Å². The lowest BCUT2D eigenvalue weighted by Gasteiger charge is -2.25. The maximum Gasteiger partial charge on any atom is 0.254 e. The molecule has 1 aliphatic carbocycles. The maximum atomic E-state index is 12.2. The van der Waals surface area contributed by atoms with Crippen molar-refractivity contribution in [3.63, 3.8) is 0 Å². The van der Waals surface area contributed by atoms with Crippen molar-refractivity contribution in [2.75, 3.05) is 13.1 Å². The highest BCUT2D eigenvalue weighted by Gasteiger charge is 2.39. The lowest BCUT2D eigenvalue weighted by Crippen LogP contribution is -2.28. The summed E-state index contributed by atoms with van der Waals surface area (Å²) in [7, 11) is 0. The summed E-state index contributed by atoms with van der Waals surface area (Å²) in [5.74, 6) is 1.75. The SMILES string of the molecule is CCCn1ncc(CN2C[C@H]3CCc4c(nc(C)[nH]c4=O)[C@H]3C2)c1C. The van der Waals surface area contributed by atoms with Crippen molar-refractivity contribution >= 4 is 0 Å². The second-order valence-electron chi connectivity index (χ2n) is 7.59. The molecular weight excluding hydrogens is 314 g/mol. The molecule has 0 bridgehead atoms. The first-order valence-corrected chi connectivity index (χ1v) is 9.40. The van der Waals surface area contributed by atoms with Gasteiger partial charge < -0.3 is 4.98 Å². The van der Waals surface area contributed by atoms with E-state index in [1.165, 1.54) is 11.3 Å². The zero-order valence-electron chi connectivity index (χ0n) is 15.4. The van der Waals surface area contributed by atoms with Gasteiger partial charge in [-0.2, -0.15) is 5.10 Å². The van der Waals surface area contributed by atoms with Gasteiger partial charge in [0.1, 0.15) is 5.82 Å². The topological polar surface area (TPSA) is 66.8 Å². The second-order valence-corrected chi connectivity index (χ2v) is 7.59. The number of likely N-dealkylation sites (tertiary alicyclic amines) is 1. The van der Waals surface area contributed by atoms with E-state index < -0.39 is 0 Å². The Labute approximate surface area is 148 Å². The quantitative estimate of drug-likeness (QED) is 0.925. The van der Waals surface area contributed by atoms with Gasteiger partial charge >= 0.3 is 0 Å². The van der Waals surface area contributed by atoms with Gasteiger partial charge in [0.05, 0.1) is 11.9 Å². The monoisotopic (exact) mass is 341 g/mol. The number of rotatable bonds is 4. The van der Waals surface area contributed by atoms with Crippen molar-refractivity contribution < 1.29 is 0 Å². The van der Waals surface area contributed by atoms with Crippen LogP contribution in [0.5, 0.6) is 0 Å². The average molecular weight is 341 g/mol. The summed E-state index contributed by atoms with van der Waals surface area (Å²) < 4.78 is 2.11. The van der Waals surface area contributed by atoms with E-state index in [1.54, 1.807) is 0 Å². The molecule has 0 radical (unpaired) electrons. The van der Waals surface area contributed by atoms with E-state index in [9.17, 15) is 4.79 Å². The molecule has 1 aliphatic heterocycles. The Morgan fingerprint density at radius 2 is 2.16 bits per heavy atom. The number of aromatic nitrogens is 4. The van der Waals surface area contributed by atoms with Crippen LogP contribution in [0.3, 0.4) is 0 Å². The summed E-state index contributed by atoms with van der Waals surface area (Å²) in [6.45, 7) is 10.2. The average Bonchev–Trinajstić information content (AvgIpc) is 3.13. The molecule has 25 heavy (non-hydrogen) atoms. The van der Waals surface area contributed by atoms with Gasteiger partial charge in [-0.3, -0.25) is 14.4 Å². The first-order chi connectivity index (χ1) is 12.1. The third-order valence-electron chi connectivity index (χ3n) is 5.83. The standard InChI is InChI=1S/C19H27N5O/c1-4-7-24-12(2)15(8-20-24)10-23-9-14-5-6-16-18(17(14)11-23)21-13(3)22-19(16)25/h8,14,17H,4-7,9-11H2,1-3H3,(H,21,22,25)/t14-,17+/m1/s1. The smallest absolute Gasteiger partial charge is 0.254 e. The van der Waals surface area contributed by atoms with E-state index in [0.29, 0.717) is 11.8 Å². The molecular formula is C19H27N5O. The summed E-state index contributed by atoms with van der Waals surface area (Å²) >= 11 is 0. The fraction of sp³-hybridized carbons (Fsp3) is 0.632. The Hall–Kier alpha value is -1.95. The van der Waals surface area contributed by atoms with Crippen LogP contribution in [0.25, 0.3) is 0 Å². The molecule has 2 aromatic heterocycles. The summed E-state index contributed by atoms with van der Waals surface area (Å²) in [4.78, 5) is 22.3. The van der Waals surface area contributed by atoms with E-state index in [2.05, 4.69) is 33.5 Å². The Kier molecular flexibility index (Phi) is 4.23. The van der Waals surface area contributed by atoms with Crippen LogP contribution in [-0.4, -0.2) is 37.7 Å². The van der Waals surface area contributed by atoms with E-state index >= 15 is 0 Å². The third-order valence-corrected chi connectivity index (χ3v) is 5.83. The first kappa shape index (κ1) is 16.5. The zero-order valence-corrected chi connectivity index (χ0v) is 15.4. The highest BCUT2D eigenvalue weighted by molar-refractivity contribution is 5.28. The van der Waals surface area contributed by atoms with Crippen LogP contribution < -0.4 is 5.56 Å². The van der Waals surface area contributed by atoms with Crippen LogP contribution in [-0.2, 0) is 19.5 Å². The first-order valence-electron chi connectivity index (χ1n) is 9.40. The van der Waals surface area contributed by atoms with Crippen LogP contribution in [0.4, 0.5) is 0 Å². The number of nitrogens with one attached hydrogen (secondary N) is 1. The van der Waals surface area contributed by atoms with Gasteiger partial charge in [0, 0.05) is 48.9 Å². The molecule has 4 rings (SSSR count). The number of hydrogen-bond acceptors (Lipinski definition) is 4. The van der Waals surface area contributed by atoms with Crippen molar-refractivity contribution in [2.24, 2.45) is 5.92 Å². The molecule has 0 aromatic carbocycles. The Morgan fingerprint density at radius 3 is 2.96 bits per heavy atom. The van der Waals surface area contributed by atoms with Crippen molar-refractivity contribution in [3.05, 3.63) is 44.9 Å². The molecule has 6 nitrogen and oxygen atoms in total. The highest BCUT2D eigenvalue weighted by Crippen LogP contribution is 2.39. The summed E-state index contributed by atoms with van der Waals surface area (Å²) in [6, 6.07) is 0. The molecule has 6 heteroatoms. The number of aryl methyl sites for hydroxylation is 2. The van der Waals surface area contributed by atoms with Gasteiger partial charge in [-0.05, 0) is 39.0 Å². The lowest BCUT2D eigenvalue weighted by atomic mass is 9.80. The van der Waals surface area contributed by atoms with Crippen LogP contribution in [0.1, 0.15) is 54.0 Å². The second kappa shape index (κ2) is 6.41. The van der Waals surface area contributed by atoms with Gasteiger partial charge in [0.15, 0.2) is 0 Å². The van der Waals surface area contributed by atoms with Crippen molar-refractivity contribution in [3.8, 4) is 0 Å². The molecule has 1 saturated heterocycles. The molecule has 0 spiro atoms. The van der Waals surface area contributed by atoms with Crippen molar-refractivity contribution in [1.29, 1.82) is 0 Å². The normalized spacial score (nSPS) is 22.8. The molecule has 0 unspecified atom stereocenters. The summed E-state index contributed by atoms with van der Waals surface area (Å²) in [5, 5.41) is 4.53. The molecule has 1 N–H and O–H groups in total. The van der Waals surface area contributed by atoms with E-state index in [1.807, 2.05) is 13.1 Å². The number of fused-ring (bicyclic) bond motifs is 3. The largest absolute Gasteiger partial charge is 0.311 e. The fourth-order valence-corrected chi connectivity index (χ4v) is 4.52. The third kappa shape index (κ3) is 2.92. The maximum absolute atomic E-state index is 12.2. The molecule has 2 aliphatic rings. The molecule has 3 heterocycles. The molecule has 2 atom stereocenters.